The van der Waals surface area contributed by atoms with Crippen LogP contribution in [0, 0.1) is 5.41 Å². The van der Waals surface area contributed by atoms with E-state index in [0.717, 1.165) is 30.5 Å². The summed E-state index contributed by atoms with van der Waals surface area (Å²) >= 11 is 0. The lowest BCUT2D eigenvalue weighted by Gasteiger charge is -2.40. The number of nitrogens with zero attached hydrogens (tertiary/aromatic N) is 1. The molecule has 1 heterocycles. The van der Waals surface area contributed by atoms with E-state index in [4.69, 9.17) is 4.74 Å². The first-order valence-corrected chi connectivity index (χ1v) is 9.77. The minimum atomic E-state index is -0.603. The molecule has 1 saturated heterocycles. The Morgan fingerprint density at radius 2 is 1.71 bits per heavy atom. The molecule has 0 N–H and O–H groups in total. The highest BCUT2D eigenvalue weighted by atomic mass is 16.5. The third-order valence-electron chi connectivity index (χ3n) is 5.16. The Hall–Kier alpha value is -2.88. The number of esters is 1. The number of carbonyl (C=O) groups excluding carboxylic acids is 2. The van der Waals surface area contributed by atoms with Crippen LogP contribution in [0.3, 0.4) is 0 Å². The first-order valence-electron chi connectivity index (χ1n) is 9.77. The van der Waals surface area contributed by atoms with Crippen LogP contribution in [0.1, 0.15) is 30.9 Å². The van der Waals surface area contributed by atoms with Crippen LogP contribution in [-0.2, 0) is 27.3 Å². The summed E-state index contributed by atoms with van der Waals surface area (Å²) in [4.78, 5) is 26.6. The molecule has 0 radical (unpaired) electrons. The molecular formula is C24H27NO3. The van der Waals surface area contributed by atoms with Gasteiger partial charge in [0.05, 0.1) is 5.41 Å². The molecular weight excluding hydrogens is 350 g/mol. The van der Waals surface area contributed by atoms with Crippen molar-refractivity contribution in [3.8, 4) is 0 Å². The predicted octanol–water partition coefficient (Wildman–Crippen LogP) is 4.16. The summed E-state index contributed by atoms with van der Waals surface area (Å²) in [6, 6.07) is 20.2. The number of rotatable bonds is 7. The van der Waals surface area contributed by atoms with E-state index in [1.54, 1.807) is 0 Å². The lowest BCUT2D eigenvalue weighted by atomic mass is 9.74. The van der Waals surface area contributed by atoms with Crippen LogP contribution in [0.5, 0.6) is 0 Å². The Kier molecular flexibility index (Phi) is 6.64. The fourth-order valence-corrected chi connectivity index (χ4v) is 3.84. The van der Waals surface area contributed by atoms with Crippen molar-refractivity contribution in [1.29, 1.82) is 0 Å². The average molecular weight is 377 g/mol. The second kappa shape index (κ2) is 9.36. The molecule has 0 saturated carbocycles. The molecule has 0 aromatic heterocycles. The van der Waals surface area contributed by atoms with Crippen LogP contribution >= 0.6 is 0 Å². The smallest absolute Gasteiger partial charge is 0.302 e. The van der Waals surface area contributed by atoms with E-state index in [-0.39, 0.29) is 18.5 Å². The van der Waals surface area contributed by atoms with Crippen molar-refractivity contribution in [2.24, 2.45) is 5.41 Å². The second-order valence-electron chi connectivity index (χ2n) is 7.34. The van der Waals surface area contributed by atoms with Crippen molar-refractivity contribution in [3.63, 3.8) is 0 Å². The van der Waals surface area contributed by atoms with Gasteiger partial charge in [-0.15, -0.1) is 0 Å². The van der Waals surface area contributed by atoms with Gasteiger partial charge in [-0.3, -0.25) is 9.59 Å². The number of hydrogen-bond donors (Lipinski definition) is 0. The van der Waals surface area contributed by atoms with Gasteiger partial charge in [-0.25, -0.2) is 0 Å². The predicted molar refractivity (Wildman–Crippen MR) is 109 cm³/mol. The lowest BCUT2D eigenvalue weighted by molar-refractivity contribution is -0.143. The van der Waals surface area contributed by atoms with Crippen LogP contribution in [0.15, 0.2) is 72.8 Å². The van der Waals surface area contributed by atoms with Crippen LogP contribution in [0.4, 0.5) is 0 Å². The summed E-state index contributed by atoms with van der Waals surface area (Å²) in [5, 5.41) is 0. The van der Waals surface area contributed by atoms with E-state index >= 15 is 0 Å². The van der Waals surface area contributed by atoms with Crippen molar-refractivity contribution < 1.29 is 14.3 Å². The third kappa shape index (κ3) is 5.10. The molecule has 0 aliphatic carbocycles. The SMILES string of the molecule is CC(=O)OC/C=C/C1(Cc2ccccc2)CCCN(Cc2ccccc2)C1=O. The highest BCUT2D eigenvalue weighted by Gasteiger charge is 2.41. The fraction of sp³-hybridized carbons (Fsp3) is 0.333. The van der Waals surface area contributed by atoms with Gasteiger partial charge >= 0.3 is 5.97 Å². The Labute approximate surface area is 166 Å². The standard InChI is InChI=1S/C24H27NO3/c1-20(26)28-17-9-15-24(18-21-10-4-2-5-11-21)14-8-16-25(23(24)27)19-22-12-6-3-7-13-22/h2-7,9-13,15H,8,14,16-19H2,1H3/b15-9+. The number of piperidine rings is 1. The maximum atomic E-state index is 13.6. The average Bonchev–Trinajstić information content (AvgIpc) is 2.70. The molecule has 1 atom stereocenters. The van der Waals surface area contributed by atoms with Crippen molar-refractivity contribution in [1.82, 2.24) is 4.90 Å². The molecule has 2 aromatic carbocycles. The summed E-state index contributed by atoms with van der Waals surface area (Å²) in [5.41, 5.74) is 1.67. The van der Waals surface area contributed by atoms with E-state index in [1.165, 1.54) is 6.92 Å². The highest BCUT2D eigenvalue weighted by Crippen LogP contribution is 2.37. The van der Waals surface area contributed by atoms with Gasteiger partial charge in [0.15, 0.2) is 0 Å². The van der Waals surface area contributed by atoms with Crippen molar-refractivity contribution in [3.05, 3.63) is 83.9 Å². The van der Waals surface area contributed by atoms with Gasteiger partial charge in [0.1, 0.15) is 6.61 Å². The van der Waals surface area contributed by atoms with Gasteiger partial charge in [-0.2, -0.15) is 0 Å². The van der Waals surface area contributed by atoms with Gasteiger partial charge in [-0.05, 0) is 30.4 Å². The summed E-state index contributed by atoms with van der Waals surface area (Å²) in [5.74, 6) is -0.173. The molecule has 28 heavy (non-hydrogen) atoms. The van der Waals surface area contributed by atoms with Crippen LogP contribution in [0.2, 0.25) is 0 Å². The molecule has 1 aliphatic heterocycles. The maximum absolute atomic E-state index is 13.6. The lowest BCUT2D eigenvalue weighted by Crippen LogP contribution is -2.48. The second-order valence-corrected chi connectivity index (χ2v) is 7.34. The van der Waals surface area contributed by atoms with E-state index in [1.807, 2.05) is 53.5 Å². The third-order valence-corrected chi connectivity index (χ3v) is 5.16. The number of ether oxygens (including phenoxy) is 1. The van der Waals surface area contributed by atoms with E-state index in [9.17, 15) is 9.59 Å². The zero-order valence-corrected chi connectivity index (χ0v) is 16.3. The molecule has 3 rings (SSSR count). The largest absolute Gasteiger partial charge is 0.462 e. The summed E-state index contributed by atoms with van der Waals surface area (Å²) in [7, 11) is 0. The van der Waals surface area contributed by atoms with Crippen molar-refractivity contribution in [2.45, 2.75) is 32.7 Å². The van der Waals surface area contributed by atoms with Crippen LogP contribution in [-0.4, -0.2) is 29.9 Å². The molecule has 2 aromatic rings. The van der Waals surface area contributed by atoms with Gasteiger partial charge in [-0.1, -0.05) is 72.8 Å². The molecule has 146 valence electrons. The molecule has 4 heteroatoms. The van der Waals surface area contributed by atoms with Gasteiger partial charge in [0.25, 0.3) is 0 Å². The Balaban J connectivity index is 1.83. The number of carbonyl (C=O) groups is 2. The maximum Gasteiger partial charge on any atom is 0.302 e. The Bertz CT molecular complexity index is 816. The number of likely N-dealkylation sites (tertiary alicyclic amines) is 1. The zero-order valence-electron chi connectivity index (χ0n) is 16.3. The fourth-order valence-electron chi connectivity index (χ4n) is 3.84. The minimum Gasteiger partial charge on any atom is -0.462 e. The molecule has 1 fully saturated rings. The minimum absolute atomic E-state index is 0.144. The van der Waals surface area contributed by atoms with Gasteiger partial charge < -0.3 is 9.64 Å². The zero-order chi connectivity index (χ0) is 19.8. The topological polar surface area (TPSA) is 46.6 Å². The molecule has 1 unspecified atom stereocenters. The Morgan fingerprint density at radius 3 is 2.36 bits per heavy atom. The molecule has 0 spiro atoms. The number of benzene rings is 2. The van der Waals surface area contributed by atoms with E-state index in [0.29, 0.717) is 13.0 Å². The van der Waals surface area contributed by atoms with Gasteiger partial charge in [0, 0.05) is 20.0 Å². The van der Waals surface area contributed by atoms with E-state index < -0.39 is 5.41 Å². The molecule has 4 nitrogen and oxygen atoms in total. The number of amides is 1. The summed E-state index contributed by atoms with van der Waals surface area (Å²) < 4.78 is 5.04. The molecule has 1 aliphatic rings. The van der Waals surface area contributed by atoms with Crippen molar-refractivity contribution in [2.75, 3.05) is 13.2 Å². The summed E-state index contributed by atoms with van der Waals surface area (Å²) in [6.45, 7) is 2.97. The monoisotopic (exact) mass is 377 g/mol. The van der Waals surface area contributed by atoms with Crippen LogP contribution in [0.25, 0.3) is 0 Å². The number of hydrogen-bond acceptors (Lipinski definition) is 3. The van der Waals surface area contributed by atoms with Crippen LogP contribution < -0.4 is 0 Å². The molecule has 0 bridgehead atoms. The Morgan fingerprint density at radius 1 is 1.07 bits per heavy atom. The highest BCUT2D eigenvalue weighted by molar-refractivity contribution is 5.86. The molecule has 1 amide bonds. The summed E-state index contributed by atoms with van der Waals surface area (Å²) in [6.07, 6.45) is 6.16. The quantitative estimate of drug-likeness (QED) is 0.538. The first-order chi connectivity index (χ1) is 13.6. The first kappa shape index (κ1) is 19.9. The normalized spacial score (nSPS) is 19.8. The van der Waals surface area contributed by atoms with Crippen molar-refractivity contribution >= 4 is 11.9 Å². The van der Waals surface area contributed by atoms with Gasteiger partial charge in [0.2, 0.25) is 5.91 Å². The van der Waals surface area contributed by atoms with E-state index in [2.05, 4.69) is 24.3 Å².